The minimum Gasteiger partial charge on any atom is -0.411 e. The van der Waals surface area contributed by atoms with Gasteiger partial charge in [0.1, 0.15) is 5.69 Å². The second-order valence-corrected chi connectivity index (χ2v) is 5.18. The standard InChI is InChI=1S/C12H14BrN3O2/c1-8-7-16(6-4-10(8)15-18)12(17)11-9(13)3-2-5-14-11/h2-3,5,8,18H,4,6-7H2,1H3/b15-10+. The van der Waals surface area contributed by atoms with Gasteiger partial charge in [0.15, 0.2) is 0 Å². The first-order chi connectivity index (χ1) is 8.63. The summed E-state index contributed by atoms with van der Waals surface area (Å²) in [6.07, 6.45) is 2.21. The molecule has 2 heterocycles. The number of hydrogen-bond donors (Lipinski definition) is 1. The van der Waals surface area contributed by atoms with Gasteiger partial charge in [0.05, 0.1) is 5.71 Å². The normalized spacial score (nSPS) is 22.2. The van der Waals surface area contributed by atoms with Crippen LogP contribution in [0.25, 0.3) is 0 Å². The van der Waals surface area contributed by atoms with Crippen LogP contribution < -0.4 is 0 Å². The molecule has 0 bridgehead atoms. The molecular weight excluding hydrogens is 298 g/mol. The average molecular weight is 312 g/mol. The molecular formula is C12H14BrN3O2. The smallest absolute Gasteiger partial charge is 0.273 e. The van der Waals surface area contributed by atoms with Crippen molar-refractivity contribution in [1.29, 1.82) is 0 Å². The predicted molar refractivity (Wildman–Crippen MR) is 70.8 cm³/mol. The number of carbonyl (C=O) groups excluding carboxylic acids is 1. The number of hydrogen-bond acceptors (Lipinski definition) is 4. The Bertz CT molecular complexity index is 490. The quantitative estimate of drug-likeness (QED) is 0.638. The Labute approximate surface area is 114 Å². The molecule has 6 heteroatoms. The van der Waals surface area contributed by atoms with Crippen LogP contribution in [0.2, 0.25) is 0 Å². The van der Waals surface area contributed by atoms with E-state index in [4.69, 9.17) is 5.21 Å². The van der Waals surface area contributed by atoms with Gasteiger partial charge in [0, 0.05) is 36.1 Å². The highest BCUT2D eigenvalue weighted by Crippen LogP contribution is 2.19. The van der Waals surface area contributed by atoms with E-state index in [-0.39, 0.29) is 11.8 Å². The monoisotopic (exact) mass is 311 g/mol. The lowest BCUT2D eigenvalue weighted by atomic mass is 9.97. The van der Waals surface area contributed by atoms with Gasteiger partial charge in [0.2, 0.25) is 0 Å². The number of likely N-dealkylation sites (tertiary alicyclic amines) is 1. The molecule has 1 aromatic rings. The van der Waals surface area contributed by atoms with E-state index in [1.165, 1.54) is 0 Å². The molecule has 1 fully saturated rings. The molecule has 5 nitrogen and oxygen atoms in total. The number of carbonyl (C=O) groups is 1. The van der Waals surface area contributed by atoms with Gasteiger partial charge < -0.3 is 10.1 Å². The maximum atomic E-state index is 12.3. The van der Waals surface area contributed by atoms with E-state index in [2.05, 4.69) is 26.1 Å². The lowest BCUT2D eigenvalue weighted by Crippen LogP contribution is -2.43. The Kier molecular flexibility index (Phi) is 3.96. The van der Waals surface area contributed by atoms with E-state index in [1.807, 2.05) is 6.92 Å². The molecule has 0 spiro atoms. The number of rotatable bonds is 1. The second-order valence-electron chi connectivity index (χ2n) is 4.33. The first-order valence-electron chi connectivity index (χ1n) is 5.74. The Morgan fingerprint density at radius 3 is 3.06 bits per heavy atom. The molecule has 1 N–H and O–H groups in total. The molecule has 0 saturated carbocycles. The van der Waals surface area contributed by atoms with Crippen LogP contribution in [0.4, 0.5) is 0 Å². The summed E-state index contributed by atoms with van der Waals surface area (Å²) in [6, 6.07) is 3.57. The zero-order valence-electron chi connectivity index (χ0n) is 10.0. The molecule has 1 amide bonds. The molecule has 0 radical (unpaired) electrons. The highest BCUT2D eigenvalue weighted by atomic mass is 79.9. The fourth-order valence-corrected chi connectivity index (χ4v) is 2.47. The van der Waals surface area contributed by atoms with Gasteiger partial charge in [-0.1, -0.05) is 12.1 Å². The van der Waals surface area contributed by atoms with Gasteiger partial charge in [-0.3, -0.25) is 4.79 Å². The van der Waals surface area contributed by atoms with Gasteiger partial charge in [0.25, 0.3) is 5.91 Å². The Hall–Kier alpha value is -1.43. The molecule has 1 saturated heterocycles. The van der Waals surface area contributed by atoms with Crippen molar-refractivity contribution in [3.63, 3.8) is 0 Å². The van der Waals surface area contributed by atoms with Crippen molar-refractivity contribution < 1.29 is 10.0 Å². The largest absolute Gasteiger partial charge is 0.411 e. The molecule has 96 valence electrons. The molecule has 1 atom stereocenters. The van der Waals surface area contributed by atoms with E-state index in [1.54, 1.807) is 23.2 Å². The number of halogens is 1. The first kappa shape index (κ1) is 13.0. The third-order valence-electron chi connectivity index (χ3n) is 3.08. The van der Waals surface area contributed by atoms with E-state index in [0.29, 0.717) is 29.7 Å². The molecule has 1 aliphatic rings. The van der Waals surface area contributed by atoms with E-state index < -0.39 is 0 Å². The zero-order valence-corrected chi connectivity index (χ0v) is 11.6. The Morgan fingerprint density at radius 2 is 2.44 bits per heavy atom. The topological polar surface area (TPSA) is 65.8 Å². The van der Waals surface area contributed by atoms with Crippen LogP contribution in [0.5, 0.6) is 0 Å². The van der Waals surface area contributed by atoms with Crippen LogP contribution in [0, 0.1) is 5.92 Å². The fourth-order valence-electron chi connectivity index (χ4n) is 2.05. The van der Waals surface area contributed by atoms with Crippen LogP contribution in [0.15, 0.2) is 28.0 Å². The van der Waals surface area contributed by atoms with E-state index in [9.17, 15) is 4.79 Å². The number of nitrogens with zero attached hydrogens (tertiary/aromatic N) is 3. The summed E-state index contributed by atoms with van der Waals surface area (Å²) in [4.78, 5) is 18.1. The van der Waals surface area contributed by atoms with E-state index in [0.717, 1.165) is 5.71 Å². The Balaban J connectivity index is 2.15. The summed E-state index contributed by atoms with van der Waals surface area (Å²) in [6.45, 7) is 3.06. The molecule has 0 aromatic carbocycles. The molecule has 1 aromatic heterocycles. The van der Waals surface area contributed by atoms with Crippen LogP contribution in [-0.4, -0.2) is 39.8 Å². The third kappa shape index (κ3) is 2.53. The molecule has 18 heavy (non-hydrogen) atoms. The summed E-state index contributed by atoms with van der Waals surface area (Å²) in [7, 11) is 0. The SMILES string of the molecule is CC1CN(C(=O)c2ncccc2Br)CC/C1=N\O. The van der Waals surface area contributed by atoms with Gasteiger partial charge in [-0.25, -0.2) is 4.98 Å². The number of oxime groups is 1. The van der Waals surface area contributed by atoms with Crippen molar-refractivity contribution >= 4 is 27.5 Å². The minimum absolute atomic E-state index is 0.0789. The zero-order chi connectivity index (χ0) is 13.1. The Morgan fingerprint density at radius 1 is 1.67 bits per heavy atom. The average Bonchev–Trinajstić information content (AvgIpc) is 2.38. The number of aromatic nitrogens is 1. The van der Waals surface area contributed by atoms with Gasteiger partial charge in [-0.15, -0.1) is 0 Å². The van der Waals surface area contributed by atoms with Crippen molar-refractivity contribution in [2.24, 2.45) is 11.1 Å². The van der Waals surface area contributed by atoms with Crippen molar-refractivity contribution in [2.75, 3.05) is 13.1 Å². The highest BCUT2D eigenvalue weighted by Gasteiger charge is 2.27. The summed E-state index contributed by atoms with van der Waals surface area (Å²) in [5.41, 5.74) is 1.17. The first-order valence-corrected chi connectivity index (χ1v) is 6.53. The summed E-state index contributed by atoms with van der Waals surface area (Å²) in [5.74, 6) is -0.0125. The molecule has 1 aliphatic heterocycles. The predicted octanol–water partition coefficient (Wildman–Crippen LogP) is 2.16. The number of piperidine rings is 1. The maximum Gasteiger partial charge on any atom is 0.273 e. The molecule has 0 aliphatic carbocycles. The van der Waals surface area contributed by atoms with Crippen LogP contribution in [-0.2, 0) is 0 Å². The minimum atomic E-state index is -0.0914. The summed E-state index contributed by atoms with van der Waals surface area (Å²) in [5, 5.41) is 12.1. The number of pyridine rings is 1. The van der Waals surface area contributed by atoms with Crippen LogP contribution >= 0.6 is 15.9 Å². The van der Waals surface area contributed by atoms with Crippen molar-refractivity contribution in [3.8, 4) is 0 Å². The molecule has 1 unspecified atom stereocenters. The summed E-state index contributed by atoms with van der Waals surface area (Å²) < 4.78 is 0.698. The highest BCUT2D eigenvalue weighted by molar-refractivity contribution is 9.10. The third-order valence-corrected chi connectivity index (χ3v) is 3.72. The van der Waals surface area contributed by atoms with Gasteiger partial charge >= 0.3 is 0 Å². The summed E-state index contributed by atoms with van der Waals surface area (Å²) >= 11 is 3.33. The van der Waals surface area contributed by atoms with Crippen molar-refractivity contribution in [1.82, 2.24) is 9.88 Å². The van der Waals surface area contributed by atoms with Crippen molar-refractivity contribution in [3.05, 3.63) is 28.5 Å². The van der Waals surface area contributed by atoms with E-state index >= 15 is 0 Å². The second kappa shape index (κ2) is 5.48. The lowest BCUT2D eigenvalue weighted by molar-refractivity contribution is 0.0727. The van der Waals surface area contributed by atoms with Crippen LogP contribution in [0.3, 0.4) is 0 Å². The fraction of sp³-hybridized carbons (Fsp3) is 0.417. The van der Waals surface area contributed by atoms with Gasteiger partial charge in [-0.05, 0) is 28.1 Å². The van der Waals surface area contributed by atoms with Crippen molar-refractivity contribution in [2.45, 2.75) is 13.3 Å². The lowest BCUT2D eigenvalue weighted by Gasteiger charge is -2.31. The van der Waals surface area contributed by atoms with Crippen LogP contribution in [0.1, 0.15) is 23.8 Å². The number of amides is 1. The van der Waals surface area contributed by atoms with Gasteiger partial charge in [-0.2, -0.15) is 0 Å². The molecule has 2 rings (SSSR count). The maximum absolute atomic E-state index is 12.3.